The molecule has 0 N–H and O–H groups in total. The zero-order valence-corrected chi connectivity index (χ0v) is 19.2. The van der Waals surface area contributed by atoms with Crippen LogP contribution in [0.5, 0.6) is 0 Å². The molecule has 1 heterocycles. The van der Waals surface area contributed by atoms with E-state index in [1.165, 1.54) is 47.4 Å². The van der Waals surface area contributed by atoms with E-state index in [0.717, 1.165) is 28.9 Å². The summed E-state index contributed by atoms with van der Waals surface area (Å²) in [6.45, 7) is -0.194. The van der Waals surface area contributed by atoms with E-state index in [4.69, 9.17) is 11.6 Å². The largest absolute Gasteiger partial charge is 0.433 e. The number of sulfonamides is 1. The standard InChI is InChI=1S/C22H18ClF4N3O3S/c1-34(32,33)30(13-16-3-4-17(24)10-20(16)23)19-7-5-18(6-8-19)29(14-31)12-15-2-9-21(28-11-15)22(25,26)27/h2-11,14H,12-13H2,1H3. The fraction of sp³-hybridized carbons (Fsp3) is 0.182. The highest BCUT2D eigenvalue weighted by Crippen LogP contribution is 2.29. The SMILES string of the molecule is CS(=O)(=O)N(Cc1ccc(F)cc1Cl)c1ccc(N(C=O)Cc2ccc(C(F)(F)F)nc2)cc1. The Morgan fingerprint density at radius 2 is 1.65 bits per heavy atom. The number of anilines is 2. The van der Waals surface area contributed by atoms with Gasteiger partial charge in [0.25, 0.3) is 0 Å². The second-order valence-corrected chi connectivity index (χ2v) is 9.62. The van der Waals surface area contributed by atoms with Crippen molar-refractivity contribution >= 4 is 39.4 Å². The van der Waals surface area contributed by atoms with Gasteiger partial charge in [-0.15, -0.1) is 0 Å². The van der Waals surface area contributed by atoms with Crippen molar-refractivity contribution < 1.29 is 30.8 Å². The van der Waals surface area contributed by atoms with Gasteiger partial charge in [0.1, 0.15) is 11.5 Å². The van der Waals surface area contributed by atoms with Gasteiger partial charge in [-0.05, 0) is 53.6 Å². The number of carbonyl (C=O) groups excluding carboxylic acids is 1. The summed E-state index contributed by atoms with van der Waals surface area (Å²) in [5, 5.41) is 0.0718. The molecule has 0 bridgehead atoms. The fourth-order valence-corrected chi connectivity index (χ4v) is 4.19. The molecule has 0 aliphatic heterocycles. The Balaban J connectivity index is 1.82. The number of pyridine rings is 1. The number of hydrogen-bond acceptors (Lipinski definition) is 4. The molecule has 0 aliphatic carbocycles. The Morgan fingerprint density at radius 1 is 1.00 bits per heavy atom. The van der Waals surface area contributed by atoms with Crippen LogP contribution < -0.4 is 9.21 Å². The van der Waals surface area contributed by atoms with E-state index in [2.05, 4.69) is 4.98 Å². The molecule has 6 nitrogen and oxygen atoms in total. The molecule has 0 fully saturated rings. The van der Waals surface area contributed by atoms with E-state index in [1.54, 1.807) is 0 Å². The predicted molar refractivity (Wildman–Crippen MR) is 120 cm³/mol. The minimum absolute atomic E-state index is 0.0467. The van der Waals surface area contributed by atoms with Crippen LogP contribution in [0.2, 0.25) is 5.02 Å². The van der Waals surface area contributed by atoms with Crippen molar-refractivity contribution in [2.45, 2.75) is 19.3 Å². The first-order chi connectivity index (χ1) is 15.9. The number of hydrogen-bond donors (Lipinski definition) is 0. The van der Waals surface area contributed by atoms with Crippen LogP contribution in [0.3, 0.4) is 0 Å². The lowest BCUT2D eigenvalue weighted by atomic mass is 10.2. The summed E-state index contributed by atoms with van der Waals surface area (Å²) in [5.41, 5.74) is 0.371. The summed E-state index contributed by atoms with van der Waals surface area (Å²) in [6.07, 6.45) is -2.03. The third-order valence-electron chi connectivity index (χ3n) is 4.79. The highest BCUT2D eigenvalue weighted by atomic mass is 35.5. The topological polar surface area (TPSA) is 70.6 Å². The first-order valence-electron chi connectivity index (χ1n) is 9.64. The Kier molecular flexibility index (Phi) is 7.47. The highest BCUT2D eigenvalue weighted by Gasteiger charge is 2.32. The van der Waals surface area contributed by atoms with E-state index in [1.807, 2.05) is 0 Å². The molecule has 0 aliphatic rings. The van der Waals surface area contributed by atoms with Crippen molar-refractivity contribution in [2.75, 3.05) is 15.5 Å². The normalized spacial score (nSPS) is 11.8. The maximum absolute atomic E-state index is 13.3. The van der Waals surface area contributed by atoms with Gasteiger partial charge >= 0.3 is 6.18 Å². The van der Waals surface area contributed by atoms with Gasteiger partial charge in [-0.3, -0.25) is 14.1 Å². The van der Waals surface area contributed by atoms with Crippen LogP contribution in [0.1, 0.15) is 16.8 Å². The van der Waals surface area contributed by atoms with Crippen molar-refractivity contribution in [3.63, 3.8) is 0 Å². The molecular formula is C22H18ClF4N3O3S. The molecule has 12 heteroatoms. The molecule has 0 atom stereocenters. The average Bonchev–Trinajstić information content (AvgIpc) is 2.76. The smallest absolute Gasteiger partial charge is 0.311 e. The fourth-order valence-electron chi connectivity index (χ4n) is 3.09. The quantitative estimate of drug-likeness (QED) is 0.312. The lowest BCUT2D eigenvalue weighted by molar-refractivity contribution is -0.141. The van der Waals surface area contributed by atoms with Gasteiger partial charge in [0.15, 0.2) is 0 Å². The third kappa shape index (κ3) is 6.23. The van der Waals surface area contributed by atoms with Crippen LogP contribution in [0, 0.1) is 5.82 Å². The lowest BCUT2D eigenvalue weighted by Crippen LogP contribution is -2.29. The van der Waals surface area contributed by atoms with Crippen molar-refractivity contribution in [1.82, 2.24) is 4.98 Å². The second kappa shape index (κ2) is 9.98. The first kappa shape index (κ1) is 25.4. The molecule has 3 rings (SSSR count). The second-order valence-electron chi connectivity index (χ2n) is 7.30. The number of halogens is 5. The van der Waals surface area contributed by atoms with Crippen LogP contribution >= 0.6 is 11.6 Å². The molecule has 0 unspecified atom stereocenters. The van der Waals surface area contributed by atoms with Crippen LogP contribution in [0.4, 0.5) is 28.9 Å². The maximum Gasteiger partial charge on any atom is 0.433 e. The van der Waals surface area contributed by atoms with Crippen molar-refractivity contribution in [2.24, 2.45) is 0 Å². The molecule has 1 aromatic heterocycles. The van der Waals surface area contributed by atoms with Crippen LogP contribution in [0.25, 0.3) is 0 Å². The van der Waals surface area contributed by atoms with Crippen molar-refractivity contribution in [3.8, 4) is 0 Å². The maximum atomic E-state index is 13.3. The molecule has 0 saturated heterocycles. The van der Waals surface area contributed by atoms with Gasteiger partial charge in [-0.2, -0.15) is 13.2 Å². The lowest BCUT2D eigenvalue weighted by Gasteiger charge is -2.24. The minimum atomic E-state index is -4.57. The Labute approximate surface area is 198 Å². The minimum Gasteiger partial charge on any atom is -0.311 e. The number of amides is 1. The summed E-state index contributed by atoms with van der Waals surface area (Å²) in [4.78, 5) is 16.2. The van der Waals surface area contributed by atoms with Gasteiger partial charge in [-0.1, -0.05) is 23.7 Å². The monoisotopic (exact) mass is 515 g/mol. The Bertz CT molecular complexity index is 1270. The first-order valence-corrected chi connectivity index (χ1v) is 11.9. The molecule has 0 radical (unpaired) electrons. The van der Waals surface area contributed by atoms with Gasteiger partial charge in [0.2, 0.25) is 16.4 Å². The predicted octanol–water partition coefficient (Wildman–Crippen LogP) is 5.02. The molecule has 2 aromatic carbocycles. The molecule has 3 aromatic rings. The zero-order chi connectivity index (χ0) is 25.1. The van der Waals surface area contributed by atoms with Crippen LogP contribution in [0.15, 0.2) is 60.8 Å². The molecule has 0 spiro atoms. The van der Waals surface area contributed by atoms with Crippen LogP contribution in [-0.4, -0.2) is 26.1 Å². The highest BCUT2D eigenvalue weighted by molar-refractivity contribution is 7.92. The van der Waals surface area contributed by atoms with Gasteiger partial charge in [-0.25, -0.2) is 12.8 Å². The molecule has 1 amide bonds. The van der Waals surface area contributed by atoms with Crippen molar-refractivity contribution in [3.05, 3.63) is 88.5 Å². The number of carbonyl (C=O) groups is 1. The van der Waals surface area contributed by atoms with Gasteiger partial charge < -0.3 is 4.90 Å². The Hall–Kier alpha value is -3.18. The molecule has 0 saturated carbocycles. The summed E-state index contributed by atoms with van der Waals surface area (Å²) in [5.74, 6) is -0.554. The molecule has 34 heavy (non-hydrogen) atoms. The van der Waals surface area contributed by atoms with Crippen molar-refractivity contribution in [1.29, 1.82) is 0 Å². The van der Waals surface area contributed by atoms with E-state index >= 15 is 0 Å². The van der Waals surface area contributed by atoms with Gasteiger partial charge in [0.05, 0.1) is 25.0 Å². The third-order valence-corrected chi connectivity index (χ3v) is 6.29. The zero-order valence-electron chi connectivity index (χ0n) is 17.6. The number of alkyl halides is 3. The van der Waals surface area contributed by atoms with E-state index < -0.39 is 27.7 Å². The Morgan fingerprint density at radius 3 is 2.15 bits per heavy atom. The average molecular weight is 516 g/mol. The summed E-state index contributed by atoms with van der Waals surface area (Å²) in [6, 6.07) is 11.6. The number of nitrogens with zero attached hydrogens (tertiary/aromatic N) is 3. The summed E-state index contributed by atoms with van der Waals surface area (Å²) >= 11 is 6.03. The summed E-state index contributed by atoms with van der Waals surface area (Å²) in [7, 11) is -3.75. The van der Waals surface area contributed by atoms with Gasteiger partial charge in [0, 0.05) is 16.9 Å². The van der Waals surface area contributed by atoms with Crippen LogP contribution in [-0.2, 0) is 34.1 Å². The van der Waals surface area contributed by atoms with E-state index in [-0.39, 0.29) is 23.8 Å². The van der Waals surface area contributed by atoms with E-state index in [9.17, 15) is 30.8 Å². The number of benzene rings is 2. The summed E-state index contributed by atoms with van der Waals surface area (Å²) < 4.78 is 77.2. The number of rotatable bonds is 8. The molecule has 180 valence electrons. The number of aromatic nitrogens is 1. The van der Waals surface area contributed by atoms with E-state index in [0.29, 0.717) is 23.2 Å². The molecular weight excluding hydrogens is 498 g/mol.